The van der Waals surface area contributed by atoms with Crippen LogP contribution in [0.5, 0.6) is 0 Å². The molecule has 1 saturated heterocycles. The van der Waals surface area contributed by atoms with Crippen molar-refractivity contribution in [1.82, 2.24) is 5.32 Å². The van der Waals surface area contributed by atoms with Crippen LogP contribution in [-0.4, -0.2) is 18.2 Å². The second-order valence-electron chi connectivity index (χ2n) is 3.73. The van der Waals surface area contributed by atoms with Gasteiger partial charge < -0.3 is 10.4 Å². The highest BCUT2D eigenvalue weighted by Gasteiger charge is 2.28. The van der Waals surface area contributed by atoms with E-state index in [1.165, 1.54) is 9.75 Å². The van der Waals surface area contributed by atoms with Gasteiger partial charge in [0.1, 0.15) is 0 Å². The first-order valence-electron chi connectivity index (χ1n) is 4.64. The molecule has 0 aromatic carbocycles. The van der Waals surface area contributed by atoms with E-state index in [0.717, 1.165) is 18.7 Å². The van der Waals surface area contributed by atoms with Crippen molar-refractivity contribution in [3.05, 3.63) is 21.4 Å². The number of nitrogens with one attached hydrogen (secondary N) is 1. The van der Waals surface area contributed by atoms with Gasteiger partial charge in [0.2, 0.25) is 0 Å². The van der Waals surface area contributed by atoms with Crippen LogP contribution in [0.2, 0.25) is 0 Å². The van der Waals surface area contributed by atoms with Crippen LogP contribution >= 0.6 is 11.3 Å². The van der Waals surface area contributed by atoms with Gasteiger partial charge in [-0.3, -0.25) is 0 Å². The molecule has 2 rings (SSSR count). The second kappa shape index (κ2) is 3.40. The zero-order valence-electron chi connectivity index (χ0n) is 8.00. The molecule has 2 nitrogen and oxygen atoms in total. The van der Waals surface area contributed by atoms with E-state index in [1.54, 1.807) is 11.3 Å². The second-order valence-corrected chi connectivity index (χ2v) is 5.19. The topological polar surface area (TPSA) is 32.3 Å². The lowest BCUT2D eigenvalue weighted by Crippen LogP contribution is -2.45. The first-order valence-corrected chi connectivity index (χ1v) is 5.46. The Bertz CT molecular complexity index is 304. The van der Waals surface area contributed by atoms with Gasteiger partial charge in [-0.25, -0.2) is 0 Å². The molecular weight excluding hydrogens is 182 g/mol. The fourth-order valence-electron chi connectivity index (χ4n) is 1.73. The number of aryl methyl sites for hydroxylation is 2. The summed E-state index contributed by atoms with van der Waals surface area (Å²) in [6.07, 6.45) is -0.258. The van der Waals surface area contributed by atoms with Crippen LogP contribution in [0.15, 0.2) is 6.07 Å². The molecule has 2 heterocycles. The van der Waals surface area contributed by atoms with Gasteiger partial charge in [-0.2, -0.15) is 0 Å². The Balaban J connectivity index is 2.18. The van der Waals surface area contributed by atoms with Gasteiger partial charge >= 0.3 is 0 Å². The van der Waals surface area contributed by atoms with Crippen molar-refractivity contribution in [2.24, 2.45) is 5.92 Å². The highest BCUT2D eigenvalue weighted by atomic mass is 32.1. The lowest BCUT2D eigenvalue weighted by Gasteiger charge is -2.31. The minimum absolute atomic E-state index is 0.258. The number of aliphatic hydroxyl groups excluding tert-OH is 1. The Morgan fingerprint density at radius 1 is 1.54 bits per heavy atom. The van der Waals surface area contributed by atoms with E-state index >= 15 is 0 Å². The van der Waals surface area contributed by atoms with E-state index in [-0.39, 0.29) is 6.10 Å². The maximum atomic E-state index is 10.0. The van der Waals surface area contributed by atoms with Crippen LogP contribution in [0.3, 0.4) is 0 Å². The van der Waals surface area contributed by atoms with Crippen molar-refractivity contribution in [1.29, 1.82) is 0 Å². The molecule has 72 valence electrons. The average molecular weight is 197 g/mol. The molecule has 0 amide bonds. The molecule has 1 fully saturated rings. The highest BCUT2D eigenvalue weighted by molar-refractivity contribution is 7.12. The van der Waals surface area contributed by atoms with Crippen molar-refractivity contribution in [3.63, 3.8) is 0 Å². The lowest BCUT2D eigenvalue weighted by molar-refractivity contribution is 0.0766. The summed E-state index contributed by atoms with van der Waals surface area (Å²) in [4.78, 5) is 2.55. The minimum Gasteiger partial charge on any atom is -0.388 e. The molecule has 0 aliphatic carbocycles. The molecule has 0 radical (unpaired) electrons. The molecule has 1 aliphatic heterocycles. The number of rotatable bonds is 2. The smallest absolute Gasteiger partial charge is 0.0853 e. The fourth-order valence-corrected chi connectivity index (χ4v) is 2.70. The average Bonchev–Trinajstić information content (AvgIpc) is 2.26. The summed E-state index contributed by atoms with van der Waals surface area (Å²) in [6, 6.07) is 2.11. The van der Waals surface area contributed by atoms with Gasteiger partial charge in [0.05, 0.1) is 6.10 Å². The highest BCUT2D eigenvalue weighted by Crippen LogP contribution is 2.31. The third kappa shape index (κ3) is 1.64. The first-order chi connectivity index (χ1) is 6.18. The Morgan fingerprint density at radius 3 is 2.62 bits per heavy atom. The van der Waals surface area contributed by atoms with Crippen molar-refractivity contribution in [2.45, 2.75) is 20.0 Å². The number of hydrogen-bond donors (Lipinski definition) is 2. The third-order valence-electron chi connectivity index (χ3n) is 2.66. The maximum absolute atomic E-state index is 10.0. The summed E-state index contributed by atoms with van der Waals surface area (Å²) >= 11 is 1.77. The molecule has 0 saturated carbocycles. The molecule has 2 N–H and O–H groups in total. The summed E-state index contributed by atoms with van der Waals surface area (Å²) in [5.74, 6) is 0.424. The standard InChI is InChI=1S/C10H15NOS/c1-6-3-9(7(2)13-6)10(12)8-4-11-5-8/h3,8,10-12H,4-5H2,1-2H3. The van der Waals surface area contributed by atoms with Gasteiger partial charge in [-0.05, 0) is 25.5 Å². The Labute approximate surface area is 82.6 Å². The van der Waals surface area contributed by atoms with Crippen LogP contribution in [0.1, 0.15) is 21.4 Å². The summed E-state index contributed by atoms with van der Waals surface area (Å²) in [7, 11) is 0. The van der Waals surface area contributed by atoms with E-state index in [4.69, 9.17) is 0 Å². The monoisotopic (exact) mass is 197 g/mol. The SMILES string of the molecule is Cc1cc(C(O)C2CNC2)c(C)s1. The van der Waals surface area contributed by atoms with Gasteiger partial charge in [0, 0.05) is 28.8 Å². The normalized spacial score (nSPS) is 19.9. The molecule has 3 heteroatoms. The zero-order valence-corrected chi connectivity index (χ0v) is 8.82. The fraction of sp³-hybridized carbons (Fsp3) is 0.600. The Hall–Kier alpha value is -0.380. The van der Waals surface area contributed by atoms with E-state index in [9.17, 15) is 5.11 Å². The quantitative estimate of drug-likeness (QED) is 0.755. The molecule has 0 bridgehead atoms. The van der Waals surface area contributed by atoms with Crippen LogP contribution < -0.4 is 5.32 Å². The molecule has 1 atom stereocenters. The van der Waals surface area contributed by atoms with E-state index in [2.05, 4.69) is 25.2 Å². The molecule has 0 spiro atoms. The minimum atomic E-state index is -0.258. The van der Waals surface area contributed by atoms with E-state index in [0.29, 0.717) is 5.92 Å². The molecule has 13 heavy (non-hydrogen) atoms. The van der Waals surface area contributed by atoms with Crippen molar-refractivity contribution < 1.29 is 5.11 Å². The summed E-state index contributed by atoms with van der Waals surface area (Å²) in [5, 5.41) is 13.2. The van der Waals surface area contributed by atoms with Gasteiger partial charge in [0.15, 0.2) is 0 Å². The van der Waals surface area contributed by atoms with Gasteiger partial charge in [0.25, 0.3) is 0 Å². The molecule has 1 aromatic rings. The van der Waals surface area contributed by atoms with E-state index < -0.39 is 0 Å². The zero-order chi connectivity index (χ0) is 9.42. The largest absolute Gasteiger partial charge is 0.388 e. The van der Waals surface area contributed by atoms with Crippen LogP contribution in [-0.2, 0) is 0 Å². The lowest BCUT2D eigenvalue weighted by atomic mass is 9.91. The molecule has 1 unspecified atom stereocenters. The number of thiophene rings is 1. The predicted octanol–water partition coefficient (Wildman–Crippen LogP) is 1.62. The predicted molar refractivity (Wildman–Crippen MR) is 55.1 cm³/mol. The maximum Gasteiger partial charge on any atom is 0.0853 e. The molecular formula is C10H15NOS. The number of aliphatic hydroxyl groups is 1. The van der Waals surface area contributed by atoms with Gasteiger partial charge in [-0.1, -0.05) is 0 Å². The van der Waals surface area contributed by atoms with Crippen LogP contribution in [0.25, 0.3) is 0 Å². The van der Waals surface area contributed by atoms with E-state index in [1.807, 2.05) is 0 Å². The van der Waals surface area contributed by atoms with Crippen LogP contribution in [0.4, 0.5) is 0 Å². The van der Waals surface area contributed by atoms with Crippen molar-refractivity contribution >= 4 is 11.3 Å². The Morgan fingerprint density at radius 2 is 2.23 bits per heavy atom. The van der Waals surface area contributed by atoms with Crippen molar-refractivity contribution in [2.75, 3.05) is 13.1 Å². The molecule has 1 aliphatic rings. The van der Waals surface area contributed by atoms with Gasteiger partial charge in [-0.15, -0.1) is 11.3 Å². The summed E-state index contributed by atoms with van der Waals surface area (Å²) in [5.41, 5.74) is 1.13. The first kappa shape index (κ1) is 9.19. The van der Waals surface area contributed by atoms with Crippen molar-refractivity contribution in [3.8, 4) is 0 Å². The van der Waals surface area contributed by atoms with Crippen LogP contribution in [0, 0.1) is 19.8 Å². The number of hydrogen-bond acceptors (Lipinski definition) is 3. The third-order valence-corrected chi connectivity index (χ3v) is 3.64. The Kier molecular flexibility index (Phi) is 2.41. The summed E-state index contributed by atoms with van der Waals surface area (Å²) < 4.78 is 0. The summed E-state index contributed by atoms with van der Waals surface area (Å²) in [6.45, 7) is 6.08. The molecule has 1 aromatic heterocycles.